The highest BCUT2D eigenvalue weighted by molar-refractivity contribution is 6.35. The van der Waals surface area contributed by atoms with Gasteiger partial charge in [0, 0.05) is 5.02 Å². The van der Waals surface area contributed by atoms with E-state index in [9.17, 15) is 0 Å². The fraction of sp³-hybridized carbons (Fsp3) is 0. The molecular weight excluding hydrogens is 247 g/mol. The normalized spacial score (nSPS) is 10.1. The highest BCUT2D eigenvalue weighted by Gasteiger charge is 2.09. The van der Waals surface area contributed by atoms with E-state index in [4.69, 9.17) is 34.2 Å². The zero-order valence-electron chi connectivity index (χ0n) is 7.98. The first-order valence-electron chi connectivity index (χ1n) is 4.32. The van der Waals surface area contributed by atoms with Crippen molar-refractivity contribution in [1.82, 2.24) is 9.78 Å². The molecule has 0 saturated heterocycles. The molecule has 2 N–H and O–H groups in total. The Hall–Kier alpha value is -1.70. The van der Waals surface area contributed by atoms with Crippen LogP contribution in [0, 0.1) is 11.3 Å². The Morgan fingerprint density at radius 2 is 2.12 bits per heavy atom. The average Bonchev–Trinajstić information content (AvgIpc) is 2.59. The Bertz CT molecular complexity index is 583. The summed E-state index contributed by atoms with van der Waals surface area (Å²) in [6, 6.07) is 6.93. The Morgan fingerprint density at radius 3 is 2.69 bits per heavy atom. The first kappa shape index (κ1) is 10.8. The van der Waals surface area contributed by atoms with Crippen molar-refractivity contribution in [2.75, 3.05) is 5.73 Å². The lowest BCUT2D eigenvalue weighted by atomic mass is 10.3. The lowest BCUT2D eigenvalue weighted by molar-refractivity contribution is 0.886. The van der Waals surface area contributed by atoms with Gasteiger partial charge in [-0.1, -0.05) is 23.2 Å². The molecule has 0 unspecified atom stereocenters. The molecule has 0 fully saturated rings. The third-order valence-electron chi connectivity index (χ3n) is 2.02. The average molecular weight is 253 g/mol. The Balaban J connectivity index is 2.55. The zero-order valence-corrected chi connectivity index (χ0v) is 9.50. The van der Waals surface area contributed by atoms with Gasteiger partial charge < -0.3 is 5.73 Å². The summed E-state index contributed by atoms with van der Waals surface area (Å²) >= 11 is 11.8. The van der Waals surface area contributed by atoms with Crippen molar-refractivity contribution in [2.24, 2.45) is 0 Å². The summed E-state index contributed by atoms with van der Waals surface area (Å²) in [5, 5.41) is 13.7. The number of benzene rings is 1. The molecule has 0 bridgehead atoms. The van der Waals surface area contributed by atoms with Crippen LogP contribution in [0.3, 0.4) is 0 Å². The molecule has 1 aromatic heterocycles. The highest BCUT2D eigenvalue weighted by atomic mass is 35.5. The molecule has 2 rings (SSSR count). The summed E-state index contributed by atoms with van der Waals surface area (Å²) < 4.78 is 1.45. The number of hydrogen-bond donors (Lipinski definition) is 1. The molecule has 4 nitrogen and oxygen atoms in total. The molecule has 0 saturated carbocycles. The van der Waals surface area contributed by atoms with Gasteiger partial charge in [-0.05, 0) is 18.2 Å². The third-order valence-corrected chi connectivity index (χ3v) is 2.56. The zero-order chi connectivity index (χ0) is 11.7. The van der Waals surface area contributed by atoms with Gasteiger partial charge in [0.25, 0.3) is 0 Å². The predicted octanol–water partition coefficient (Wildman–Crippen LogP) is 2.63. The number of rotatable bonds is 1. The minimum Gasteiger partial charge on any atom is -0.381 e. The quantitative estimate of drug-likeness (QED) is 0.849. The van der Waals surface area contributed by atoms with Gasteiger partial charge in [-0.2, -0.15) is 5.26 Å². The van der Waals surface area contributed by atoms with Crippen LogP contribution in [-0.4, -0.2) is 9.78 Å². The van der Waals surface area contributed by atoms with Crippen LogP contribution in [0.15, 0.2) is 24.4 Å². The molecule has 0 amide bonds. The van der Waals surface area contributed by atoms with E-state index >= 15 is 0 Å². The van der Waals surface area contributed by atoms with E-state index in [0.29, 0.717) is 21.3 Å². The van der Waals surface area contributed by atoms with Crippen LogP contribution >= 0.6 is 23.2 Å². The van der Waals surface area contributed by atoms with Gasteiger partial charge >= 0.3 is 0 Å². The molecule has 0 spiro atoms. The molecule has 0 radical (unpaired) electrons. The molecule has 0 atom stereocenters. The molecule has 1 heterocycles. The Kier molecular flexibility index (Phi) is 2.73. The minimum absolute atomic E-state index is 0.175. The van der Waals surface area contributed by atoms with Gasteiger partial charge in [0.1, 0.15) is 11.6 Å². The van der Waals surface area contributed by atoms with Crippen molar-refractivity contribution >= 4 is 29.0 Å². The van der Waals surface area contributed by atoms with Crippen molar-refractivity contribution < 1.29 is 0 Å². The Labute approximate surface area is 102 Å². The molecule has 0 aliphatic carbocycles. The fourth-order valence-corrected chi connectivity index (χ4v) is 1.76. The smallest absolute Gasteiger partial charge is 0.163 e. The van der Waals surface area contributed by atoms with Crippen LogP contribution < -0.4 is 5.73 Å². The number of nitrogens with zero attached hydrogens (tertiary/aromatic N) is 3. The summed E-state index contributed by atoms with van der Waals surface area (Å²) in [7, 11) is 0. The lowest BCUT2D eigenvalue weighted by Crippen LogP contribution is -1.96. The van der Waals surface area contributed by atoms with E-state index in [-0.39, 0.29) is 5.82 Å². The number of nitrogens with two attached hydrogens (primary N) is 1. The fourth-order valence-electron chi connectivity index (χ4n) is 1.26. The maximum absolute atomic E-state index is 8.75. The number of nitriles is 1. The maximum Gasteiger partial charge on any atom is 0.163 e. The van der Waals surface area contributed by atoms with E-state index in [1.54, 1.807) is 18.2 Å². The molecule has 0 aliphatic heterocycles. The van der Waals surface area contributed by atoms with Crippen molar-refractivity contribution in [3.63, 3.8) is 0 Å². The summed E-state index contributed by atoms with van der Waals surface area (Å²) in [5.41, 5.74) is 6.48. The number of aromatic nitrogens is 2. The van der Waals surface area contributed by atoms with Gasteiger partial charge in [-0.3, -0.25) is 0 Å². The van der Waals surface area contributed by atoms with E-state index < -0.39 is 0 Å². The molecule has 80 valence electrons. The summed E-state index contributed by atoms with van der Waals surface area (Å²) in [6.07, 6.45) is 1.52. The molecular formula is C10H6Cl2N4. The first-order chi connectivity index (χ1) is 7.61. The summed E-state index contributed by atoms with van der Waals surface area (Å²) in [6.45, 7) is 0. The van der Waals surface area contributed by atoms with Crippen molar-refractivity contribution in [2.45, 2.75) is 0 Å². The van der Waals surface area contributed by atoms with Crippen molar-refractivity contribution in [1.29, 1.82) is 5.26 Å². The maximum atomic E-state index is 8.75. The molecule has 2 aromatic rings. The van der Waals surface area contributed by atoms with Gasteiger partial charge in [0.2, 0.25) is 0 Å². The minimum atomic E-state index is 0.175. The largest absolute Gasteiger partial charge is 0.381 e. The monoisotopic (exact) mass is 252 g/mol. The van der Waals surface area contributed by atoms with Gasteiger partial charge in [0.15, 0.2) is 5.82 Å². The van der Waals surface area contributed by atoms with E-state index in [0.717, 1.165) is 0 Å². The van der Waals surface area contributed by atoms with Gasteiger partial charge in [0.05, 0.1) is 16.9 Å². The SMILES string of the molecule is N#Cc1cn(-c2ccc(Cl)cc2Cl)nc1N. The number of anilines is 1. The second-order valence-electron chi connectivity index (χ2n) is 3.08. The number of hydrogen-bond acceptors (Lipinski definition) is 3. The van der Waals surface area contributed by atoms with Crippen LogP contribution in [0.1, 0.15) is 5.56 Å². The van der Waals surface area contributed by atoms with Crippen LogP contribution in [0.2, 0.25) is 10.0 Å². The van der Waals surface area contributed by atoms with E-state index in [2.05, 4.69) is 5.10 Å². The number of halogens is 2. The van der Waals surface area contributed by atoms with Crippen LogP contribution in [0.5, 0.6) is 0 Å². The highest BCUT2D eigenvalue weighted by Crippen LogP contribution is 2.24. The van der Waals surface area contributed by atoms with Crippen molar-refractivity contribution in [3.05, 3.63) is 40.0 Å². The Morgan fingerprint density at radius 1 is 1.38 bits per heavy atom. The van der Waals surface area contributed by atoms with Gasteiger partial charge in [-0.15, -0.1) is 5.10 Å². The summed E-state index contributed by atoms with van der Waals surface area (Å²) in [4.78, 5) is 0. The standard InChI is InChI=1S/C10H6Cl2N4/c11-7-1-2-9(8(12)3-7)16-5-6(4-13)10(14)15-16/h1-3,5H,(H2,14,15). The second kappa shape index (κ2) is 4.05. The topological polar surface area (TPSA) is 67.6 Å². The van der Waals surface area contributed by atoms with E-state index in [1.165, 1.54) is 10.9 Å². The molecule has 1 aromatic carbocycles. The lowest BCUT2D eigenvalue weighted by Gasteiger charge is -2.03. The number of nitrogen functional groups attached to an aromatic ring is 1. The van der Waals surface area contributed by atoms with E-state index in [1.807, 2.05) is 6.07 Å². The van der Waals surface area contributed by atoms with Crippen molar-refractivity contribution in [3.8, 4) is 11.8 Å². The molecule has 6 heteroatoms. The third kappa shape index (κ3) is 1.83. The second-order valence-corrected chi connectivity index (χ2v) is 3.92. The van der Waals surface area contributed by atoms with Crippen LogP contribution in [0.4, 0.5) is 5.82 Å². The van der Waals surface area contributed by atoms with Crippen LogP contribution in [0.25, 0.3) is 5.69 Å². The summed E-state index contributed by atoms with van der Waals surface area (Å²) in [5.74, 6) is 0.175. The predicted molar refractivity (Wildman–Crippen MR) is 62.7 cm³/mol. The first-order valence-corrected chi connectivity index (χ1v) is 5.08. The molecule has 16 heavy (non-hydrogen) atoms. The molecule has 0 aliphatic rings. The van der Waals surface area contributed by atoms with Gasteiger partial charge in [-0.25, -0.2) is 4.68 Å². The van der Waals surface area contributed by atoms with Crippen LogP contribution in [-0.2, 0) is 0 Å².